The lowest BCUT2D eigenvalue weighted by Gasteiger charge is -2.23. The van der Waals surface area contributed by atoms with E-state index in [2.05, 4.69) is 4.98 Å². The molecule has 0 aliphatic rings. The highest BCUT2D eigenvalue weighted by atomic mass is 16.2. The quantitative estimate of drug-likeness (QED) is 0.461. The molecular formula is C26H23N3O2. The van der Waals surface area contributed by atoms with E-state index in [4.69, 9.17) is 0 Å². The van der Waals surface area contributed by atoms with Crippen molar-refractivity contribution in [3.05, 3.63) is 125 Å². The van der Waals surface area contributed by atoms with Crippen molar-refractivity contribution in [3.63, 3.8) is 0 Å². The van der Waals surface area contributed by atoms with Crippen LogP contribution in [0.2, 0.25) is 0 Å². The van der Waals surface area contributed by atoms with E-state index in [0.717, 1.165) is 16.7 Å². The van der Waals surface area contributed by atoms with E-state index in [-0.39, 0.29) is 18.0 Å². The van der Waals surface area contributed by atoms with Gasteiger partial charge in [0.1, 0.15) is 6.54 Å². The number of hydrogen-bond donors (Lipinski definition) is 0. The highest BCUT2D eigenvalue weighted by molar-refractivity contribution is 5.76. The van der Waals surface area contributed by atoms with Gasteiger partial charge in [-0.05, 0) is 11.1 Å². The van der Waals surface area contributed by atoms with Crippen LogP contribution in [-0.2, 0) is 24.4 Å². The van der Waals surface area contributed by atoms with Crippen molar-refractivity contribution in [2.24, 2.45) is 0 Å². The Hall–Kier alpha value is -3.99. The number of carbonyl (C=O) groups excluding carboxylic acids is 1. The molecule has 1 amide bonds. The molecular weight excluding hydrogens is 386 g/mol. The summed E-state index contributed by atoms with van der Waals surface area (Å²) < 4.78 is 1.36. The number of nitrogens with zero attached hydrogens (tertiary/aromatic N) is 3. The molecule has 0 aliphatic heterocycles. The highest BCUT2D eigenvalue weighted by Crippen LogP contribution is 2.14. The predicted molar refractivity (Wildman–Crippen MR) is 121 cm³/mol. The van der Waals surface area contributed by atoms with E-state index in [1.807, 2.05) is 91.0 Å². The third kappa shape index (κ3) is 5.34. The number of carbonyl (C=O) groups is 1. The smallest absolute Gasteiger partial charge is 0.254 e. The zero-order chi connectivity index (χ0) is 21.5. The van der Waals surface area contributed by atoms with Gasteiger partial charge in [-0.1, -0.05) is 91.0 Å². The van der Waals surface area contributed by atoms with Gasteiger partial charge in [0.15, 0.2) is 0 Å². The molecule has 5 nitrogen and oxygen atoms in total. The molecule has 154 valence electrons. The summed E-state index contributed by atoms with van der Waals surface area (Å²) in [6.45, 7) is 0.887. The molecule has 0 saturated carbocycles. The molecule has 0 spiro atoms. The summed E-state index contributed by atoms with van der Waals surface area (Å²) in [7, 11) is 0. The normalized spacial score (nSPS) is 10.6. The van der Waals surface area contributed by atoms with Gasteiger partial charge < -0.3 is 4.90 Å². The summed E-state index contributed by atoms with van der Waals surface area (Å²) >= 11 is 0. The number of rotatable bonds is 7. The second-order valence-electron chi connectivity index (χ2n) is 7.33. The lowest BCUT2D eigenvalue weighted by atomic mass is 10.1. The summed E-state index contributed by atoms with van der Waals surface area (Å²) in [5.41, 5.74) is 3.29. The standard InChI is InChI=1S/C26H23N3O2/c30-25-16-24(23-14-8-3-9-15-23)27-20-29(25)19-26(31)28(17-21-10-4-1-5-11-21)18-22-12-6-2-7-13-22/h1-16,20H,17-19H2. The van der Waals surface area contributed by atoms with Gasteiger partial charge in [0.05, 0.1) is 12.0 Å². The van der Waals surface area contributed by atoms with E-state index in [9.17, 15) is 9.59 Å². The maximum absolute atomic E-state index is 13.2. The Morgan fingerprint density at radius 2 is 1.29 bits per heavy atom. The van der Waals surface area contributed by atoms with Crippen molar-refractivity contribution >= 4 is 5.91 Å². The largest absolute Gasteiger partial charge is 0.332 e. The Morgan fingerprint density at radius 1 is 0.774 bits per heavy atom. The summed E-state index contributed by atoms with van der Waals surface area (Å²) in [6.07, 6.45) is 1.45. The SMILES string of the molecule is O=C(Cn1cnc(-c2ccccc2)cc1=O)N(Cc1ccccc1)Cc1ccccc1. The average molecular weight is 409 g/mol. The first kappa shape index (κ1) is 20.3. The van der Waals surface area contributed by atoms with Crippen LogP contribution >= 0.6 is 0 Å². The van der Waals surface area contributed by atoms with Gasteiger partial charge in [0, 0.05) is 24.7 Å². The van der Waals surface area contributed by atoms with Gasteiger partial charge in [-0.2, -0.15) is 0 Å². The molecule has 3 aromatic carbocycles. The number of benzene rings is 3. The third-order valence-corrected chi connectivity index (χ3v) is 5.04. The lowest BCUT2D eigenvalue weighted by Crippen LogP contribution is -2.35. The van der Waals surface area contributed by atoms with Crippen LogP contribution in [0.3, 0.4) is 0 Å². The van der Waals surface area contributed by atoms with Crippen molar-refractivity contribution in [1.29, 1.82) is 0 Å². The van der Waals surface area contributed by atoms with Crippen molar-refractivity contribution in [2.75, 3.05) is 0 Å². The molecule has 0 unspecified atom stereocenters. The van der Waals surface area contributed by atoms with Crippen molar-refractivity contribution in [3.8, 4) is 11.3 Å². The molecule has 31 heavy (non-hydrogen) atoms. The Bertz CT molecular complexity index is 1150. The van der Waals surface area contributed by atoms with Crippen molar-refractivity contribution in [2.45, 2.75) is 19.6 Å². The van der Waals surface area contributed by atoms with Crippen molar-refractivity contribution in [1.82, 2.24) is 14.5 Å². The molecule has 4 aromatic rings. The number of amides is 1. The number of aromatic nitrogens is 2. The predicted octanol–water partition coefficient (Wildman–Crippen LogP) is 4.14. The molecule has 0 bridgehead atoms. The van der Waals surface area contributed by atoms with Crippen LogP contribution in [0.4, 0.5) is 0 Å². The molecule has 0 radical (unpaired) electrons. The molecule has 0 N–H and O–H groups in total. The fraction of sp³-hybridized carbons (Fsp3) is 0.115. The van der Waals surface area contributed by atoms with Gasteiger partial charge in [0.2, 0.25) is 5.91 Å². The van der Waals surface area contributed by atoms with Crippen LogP contribution in [0, 0.1) is 0 Å². The minimum Gasteiger partial charge on any atom is -0.332 e. The first-order valence-electron chi connectivity index (χ1n) is 10.2. The Kier molecular flexibility index (Phi) is 6.33. The van der Waals surface area contributed by atoms with Gasteiger partial charge in [-0.3, -0.25) is 14.2 Å². The van der Waals surface area contributed by atoms with Crippen LogP contribution in [0.1, 0.15) is 11.1 Å². The molecule has 0 aliphatic carbocycles. The molecule has 0 saturated heterocycles. The Balaban J connectivity index is 1.54. The zero-order valence-corrected chi connectivity index (χ0v) is 17.1. The van der Waals surface area contributed by atoms with Gasteiger partial charge in [0.25, 0.3) is 5.56 Å². The van der Waals surface area contributed by atoms with Gasteiger partial charge in [-0.25, -0.2) is 4.98 Å². The molecule has 4 rings (SSSR count). The fourth-order valence-electron chi connectivity index (χ4n) is 3.40. The molecule has 0 fully saturated rings. The minimum absolute atomic E-state index is 0.0550. The van der Waals surface area contributed by atoms with Crippen LogP contribution in [0.25, 0.3) is 11.3 Å². The van der Waals surface area contributed by atoms with Gasteiger partial charge in [-0.15, -0.1) is 0 Å². The monoisotopic (exact) mass is 409 g/mol. The highest BCUT2D eigenvalue weighted by Gasteiger charge is 2.16. The summed E-state index contributed by atoms with van der Waals surface area (Å²) in [4.78, 5) is 32.0. The van der Waals surface area contributed by atoms with Crippen LogP contribution in [0.15, 0.2) is 108 Å². The molecule has 1 heterocycles. The van der Waals surface area contributed by atoms with Crippen LogP contribution in [0.5, 0.6) is 0 Å². The summed E-state index contributed by atoms with van der Waals surface area (Å²) in [5.74, 6) is -0.135. The maximum atomic E-state index is 13.2. The van der Waals surface area contributed by atoms with Gasteiger partial charge >= 0.3 is 0 Å². The van der Waals surface area contributed by atoms with E-state index >= 15 is 0 Å². The molecule has 5 heteroatoms. The average Bonchev–Trinajstić information content (AvgIpc) is 2.82. The first-order chi connectivity index (χ1) is 15.2. The van der Waals surface area contributed by atoms with E-state index in [1.54, 1.807) is 4.90 Å². The number of hydrogen-bond acceptors (Lipinski definition) is 3. The fourth-order valence-corrected chi connectivity index (χ4v) is 3.40. The van der Waals surface area contributed by atoms with E-state index in [1.165, 1.54) is 17.0 Å². The minimum atomic E-state index is -0.249. The van der Waals surface area contributed by atoms with E-state index in [0.29, 0.717) is 18.8 Å². The Labute approximate surface area is 181 Å². The molecule has 1 aromatic heterocycles. The first-order valence-corrected chi connectivity index (χ1v) is 10.2. The topological polar surface area (TPSA) is 55.2 Å². The second-order valence-corrected chi connectivity index (χ2v) is 7.33. The molecule has 0 atom stereocenters. The summed E-state index contributed by atoms with van der Waals surface area (Å²) in [6, 6.07) is 30.7. The summed E-state index contributed by atoms with van der Waals surface area (Å²) in [5, 5.41) is 0. The zero-order valence-electron chi connectivity index (χ0n) is 17.1. The second kappa shape index (κ2) is 9.67. The Morgan fingerprint density at radius 3 is 1.81 bits per heavy atom. The van der Waals surface area contributed by atoms with Crippen LogP contribution in [-0.4, -0.2) is 20.4 Å². The van der Waals surface area contributed by atoms with E-state index < -0.39 is 0 Å². The maximum Gasteiger partial charge on any atom is 0.254 e. The third-order valence-electron chi connectivity index (χ3n) is 5.04. The lowest BCUT2D eigenvalue weighted by molar-refractivity contribution is -0.133. The van der Waals surface area contributed by atoms with Crippen molar-refractivity contribution < 1.29 is 4.79 Å². The van der Waals surface area contributed by atoms with Crippen LogP contribution < -0.4 is 5.56 Å².